The Bertz CT molecular complexity index is 816. The number of rotatable bonds is 7. The van der Waals surface area contributed by atoms with Gasteiger partial charge in [-0.25, -0.2) is 9.48 Å². The number of hydrogen-bond donors (Lipinski definition) is 0. The molecule has 0 fully saturated rings. The van der Waals surface area contributed by atoms with E-state index in [4.69, 9.17) is 0 Å². The maximum absolute atomic E-state index is 13.0. The molecule has 7 nitrogen and oxygen atoms in total. The smallest absolute Gasteiger partial charge is 0.346 e. The largest absolute Gasteiger partial charge is 0.348 e. The van der Waals surface area contributed by atoms with Crippen LogP contribution in [0.4, 0.5) is 0 Å². The van der Waals surface area contributed by atoms with Crippen molar-refractivity contribution < 1.29 is 4.79 Å². The molecule has 0 aliphatic carbocycles. The van der Waals surface area contributed by atoms with Gasteiger partial charge in [0.25, 0.3) is 0 Å². The summed E-state index contributed by atoms with van der Waals surface area (Å²) in [6, 6.07) is 4.17. The molecule has 3 heterocycles. The Balaban J connectivity index is 1.80. The number of nitrogens with zero attached hydrogens (tertiary/aromatic N) is 5. The Morgan fingerprint density at radius 3 is 2.77 bits per heavy atom. The van der Waals surface area contributed by atoms with E-state index in [-0.39, 0.29) is 24.2 Å². The molecule has 1 aliphatic rings. The molecule has 7 heteroatoms. The van der Waals surface area contributed by atoms with Crippen molar-refractivity contribution in [2.24, 2.45) is 0 Å². The fraction of sp³-hybridized carbons (Fsp3) is 0.632. The predicted octanol–water partition coefficient (Wildman–Crippen LogP) is 2.20. The van der Waals surface area contributed by atoms with Crippen molar-refractivity contribution in [1.82, 2.24) is 23.8 Å². The van der Waals surface area contributed by atoms with Gasteiger partial charge in [0.2, 0.25) is 5.91 Å². The van der Waals surface area contributed by atoms with Gasteiger partial charge in [-0.15, -0.1) is 0 Å². The first-order valence-electron chi connectivity index (χ1n) is 9.71. The Morgan fingerprint density at radius 2 is 2.08 bits per heavy atom. The van der Waals surface area contributed by atoms with Crippen molar-refractivity contribution in [3.8, 4) is 0 Å². The third-order valence-electron chi connectivity index (χ3n) is 5.23. The van der Waals surface area contributed by atoms with E-state index in [0.717, 1.165) is 38.1 Å². The zero-order valence-corrected chi connectivity index (χ0v) is 16.0. The summed E-state index contributed by atoms with van der Waals surface area (Å²) in [6.07, 6.45) is 5.74. The molecule has 142 valence electrons. The molecule has 1 aliphatic heterocycles. The van der Waals surface area contributed by atoms with Gasteiger partial charge in [0.15, 0.2) is 0 Å². The van der Waals surface area contributed by atoms with Crippen molar-refractivity contribution in [3.63, 3.8) is 0 Å². The minimum Gasteiger partial charge on any atom is -0.348 e. The molecule has 3 rings (SSSR count). The minimum atomic E-state index is -0.180. The average molecular weight is 359 g/mol. The Labute approximate surface area is 154 Å². The molecule has 0 N–H and O–H groups in total. The van der Waals surface area contributed by atoms with Gasteiger partial charge >= 0.3 is 5.69 Å². The fourth-order valence-electron chi connectivity index (χ4n) is 3.84. The molecule has 0 saturated heterocycles. The highest BCUT2D eigenvalue weighted by molar-refractivity contribution is 5.76. The van der Waals surface area contributed by atoms with E-state index < -0.39 is 0 Å². The van der Waals surface area contributed by atoms with Crippen LogP contribution in [-0.4, -0.2) is 36.3 Å². The van der Waals surface area contributed by atoms with Crippen molar-refractivity contribution in [2.45, 2.75) is 72.1 Å². The number of unbranched alkanes of at least 4 members (excludes halogenated alkanes) is 1. The van der Waals surface area contributed by atoms with Crippen LogP contribution in [0.15, 0.2) is 23.1 Å². The number of aryl methyl sites for hydroxylation is 1. The minimum absolute atomic E-state index is 0.0160. The van der Waals surface area contributed by atoms with Crippen LogP contribution in [0.1, 0.15) is 57.6 Å². The summed E-state index contributed by atoms with van der Waals surface area (Å²) in [6.45, 7) is 8.22. The lowest BCUT2D eigenvalue weighted by Crippen LogP contribution is -2.44. The summed E-state index contributed by atoms with van der Waals surface area (Å²) in [7, 11) is 0. The van der Waals surface area contributed by atoms with Crippen LogP contribution < -0.4 is 5.69 Å². The number of carbonyl (C=O) groups is 1. The second kappa shape index (κ2) is 7.93. The third kappa shape index (κ3) is 3.34. The summed E-state index contributed by atoms with van der Waals surface area (Å²) in [5.41, 5.74) is 0.988. The van der Waals surface area contributed by atoms with Gasteiger partial charge in [0.1, 0.15) is 12.4 Å². The Hall–Kier alpha value is -2.31. The van der Waals surface area contributed by atoms with Crippen LogP contribution in [0.5, 0.6) is 0 Å². The molecule has 0 saturated carbocycles. The summed E-state index contributed by atoms with van der Waals surface area (Å²) in [4.78, 5) is 27.5. The quantitative estimate of drug-likeness (QED) is 0.761. The predicted molar refractivity (Wildman–Crippen MR) is 100.0 cm³/mol. The van der Waals surface area contributed by atoms with Crippen molar-refractivity contribution in [1.29, 1.82) is 0 Å². The van der Waals surface area contributed by atoms with E-state index in [9.17, 15) is 9.59 Å². The zero-order chi connectivity index (χ0) is 18.7. The van der Waals surface area contributed by atoms with Gasteiger partial charge in [0, 0.05) is 37.9 Å². The van der Waals surface area contributed by atoms with Crippen molar-refractivity contribution in [3.05, 3.63) is 40.3 Å². The molecule has 26 heavy (non-hydrogen) atoms. The van der Waals surface area contributed by atoms with E-state index in [1.54, 1.807) is 4.57 Å². The SMILES string of the molecule is CCCCc1nn(CC(=O)N2CCn3cccc3[C@@H]2CC)c(=O)n1CC. The van der Waals surface area contributed by atoms with E-state index in [1.807, 2.05) is 17.9 Å². The van der Waals surface area contributed by atoms with Gasteiger partial charge in [-0.1, -0.05) is 20.3 Å². The number of carbonyl (C=O) groups excluding carboxylic acids is 1. The molecule has 0 spiro atoms. The lowest BCUT2D eigenvalue weighted by atomic mass is 10.1. The molecule has 2 aromatic heterocycles. The van der Waals surface area contributed by atoms with Crippen LogP contribution in [-0.2, 0) is 30.8 Å². The number of amides is 1. The number of hydrogen-bond acceptors (Lipinski definition) is 3. The van der Waals surface area contributed by atoms with Crippen LogP contribution in [0.3, 0.4) is 0 Å². The summed E-state index contributed by atoms with van der Waals surface area (Å²) >= 11 is 0. The summed E-state index contributed by atoms with van der Waals surface area (Å²) < 4.78 is 5.23. The zero-order valence-electron chi connectivity index (χ0n) is 16.0. The van der Waals surface area contributed by atoms with Gasteiger partial charge in [0.05, 0.1) is 6.04 Å². The van der Waals surface area contributed by atoms with Crippen LogP contribution in [0, 0.1) is 0 Å². The lowest BCUT2D eigenvalue weighted by molar-refractivity contribution is -0.135. The average Bonchev–Trinajstić information content (AvgIpc) is 3.23. The maximum Gasteiger partial charge on any atom is 0.346 e. The maximum atomic E-state index is 13.0. The normalized spacial score (nSPS) is 16.7. The molecule has 0 unspecified atom stereocenters. The second-order valence-corrected chi connectivity index (χ2v) is 6.84. The highest BCUT2D eigenvalue weighted by Crippen LogP contribution is 2.28. The molecule has 0 radical (unpaired) electrons. The van der Waals surface area contributed by atoms with Crippen molar-refractivity contribution in [2.75, 3.05) is 6.54 Å². The third-order valence-corrected chi connectivity index (χ3v) is 5.23. The standard InChI is InChI=1S/C19H29N5O2/c1-4-7-10-17-20-24(19(26)22(17)6-3)14-18(25)23-13-12-21-11-8-9-16(21)15(23)5-2/h8-9,11,15H,4-7,10,12-14H2,1-3H3/t15-/m0/s1. The number of aromatic nitrogens is 4. The molecule has 2 aromatic rings. The first-order chi connectivity index (χ1) is 12.6. The van der Waals surface area contributed by atoms with Gasteiger partial charge in [-0.2, -0.15) is 5.10 Å². The topological polar surface area (TPSA) is 65.1 Å². The van der Waals surface area contributed by atoms with Crippen LogP contribution in [0.2, 0.25) is 0 Å². The Morgan fingerprint density at radius 1 is 1.27 bits per heavy atom. The van der Waals surface area contributed by atoms with E-state index in [2.05, 4.69) is 35.8 Å². The number of fused-ring (bicyclic) bond motifs is 1. The lowest BCUT2D eigenvalue weighted by Gasteiger charge is -2.36. The van der Waals surface area contributed by atoms with Gasteiger partial charge in [-0.05, 0) is 31.9 Å². The second-order valence-electron chi connectivity index (χ2n) is 6.84. The molecular weight excluding hydrogens is 330 g/mol. The van der Waals surface area contributed by atoms with Gasteiger partial charge in [-0.3, -0.25) is 9.36 Å². The van der Waals surface area contributed by atoms with E-state index in [0.29, 0.717) is 13.1 Å². The summed E-state index contributed by atoms with van der Waals surface area (Å²) in [5.74, 6) is 0.751. The van der Waals surface area contributed by atoms with Crippen molar-refractivity contribution >= 4 is 5.91 Å². The van der Waals surface area contributed by atoms with Crippen LogP contribution in [0.25, 0.3) is 0 Å². The highest BCUT2D eigenvalue weighted by atomic mass is 16.2. The molecule has 0 bridgehead atoms. The molecule has 1 atom stereocenters. The molecular formula is C19H29N5O2. The summed E-state index contributed by atoms with van der Waals surface area (Å²) in [5, 5.41) is 4.45. The monoisotopic (exact) mass is 359 g/mol. The molecule has 1 amide bonds. The first kappa shape index (κ1) is 18.5. The molecule has 0 aromatic carbocycles. The van der Waals surface area contributed by atoms with E-state index >= 15 is 0 Å². The highest BCUT2D eigenvalue weighted by Gasteiger charge is 2.30. The van der Waals surface area contributed by atoms with E-state index in [1.165, 1.54) is 10.4 Å². The first-order valence-corrected chi connectivity index (χ1v) is 9.71. The fourth-order valence-corrected chi connectivity index (χ4v) is 3.84. The Kier molecular flexibility index (Phi) is 5.64. The van der Waals surface area contributed by atoms with Gasteiger partial charge < -0.3 is 9.47 Å². The van der Waals surface area contributed by atoms with Crippen LogP contribution >= 0.6 is 0 Å².